The third-order valence-corrected chi connectivity index (χ3v) is 7.06. The quantitative estimate of drug-likeness (QED) is 0.0844. The van der Waals surface area contributed by atoms with Crippen LogP contribution in [0.25, 0.3) is 0 Å². The Hall–Kier alpha value is -5.06. The molecule has 0 spiro atoms. The van der Waals surface area contributed by atoms with Crippen LogP contribution in [0, 0.1) is 0 Å². The first-order valence-corrected chi connectivity index (χ1v) is 15.1. The second-order valence-electron chi connectivity index (χ2n) is 10.9. The topological polar surface area (TPSA) is 115 Å². The molecule has 3 unspecified atom stereocenters. The Labute approximate surface area is 266 Å². The Morgan fingerprint density at radius 1 is 0.587 bits per heavy atom. The number of epoxide rings is 2. The van der Waals surface area contributed by atoms with Crippen LogP contribution in [0.15, 0.2) is 97.1 Å². The van der Waals surface area contributed by atoms with E-state index in [0.29, 0.717) is 71.9 Å². The van der Waals surface area contributed by atoms with Crippen LogP contribution in [-0.4, -0.2) is 63.3 Å². The number of esters is 2. The van der Waals surface area contributed by atoms with Crippen LogP contribution in [0.4, 0.5) is 0 Å². The summed E-state index contributed by atoms with van der Waals surface area (Å²) in [6.45, 7) is 4.84. The molecule has 4 aromatic rings. The molecule has 6 rings (SSSR count). The van der Waals surface area contributed by atoms with Gasteiger partial charge in [0, 0.05) is 6.42 Å². The first kappa shape index (κ1) is 30.9. The molecular weight excluding hydrogens is 592 g/mol. The lowest BCUT2D eigenvalue weighted by Gasteiger charge is -2.15. The summed E-state index contributed by atoms with van der Waals surface area (Å²) in [7, 11) is 0. The monoisotopic (exact) mass is 626 g/mol. The minimum absolute atomic E-state index is 0.141. The van der Waals surface area contributed by atoms with E-state index in [0.717, 1.165) is 13.2 Å². The molecule has 0 aliphatic carbocycles. The van der Waals surface area contributed by atoms with Gasteiger partial charge in [0.15, 0.2) is 0 Å². The largest absolute Gasteiger partial charge is 0.493 e. The van der Waals surface area contributed by atoms with Gasteiger partial charge in [0.25, 0.3) is 0 Å². The zero-order valence-electron chi connectivity index (χ0n) is 25.3. The lowest BCUT2D eigenvalue weighted by Crippen LogP contribution is -2.16. The maximum atomic E-state index is 12.6. The second-order valence-corrected chi connectivity index (χ2v) is 10.9. The lowest BCUT2D eigenvalue weighted by atomic mass is 10.2. The van der Waals surface area contributed by atoms with Crippen LogP contribution in [0.5, 0.6) is 34.5 Å². The SMILES string of the molecule is CC(CCOc1ccc(C(=O)Oc2ccc(OCC3CO3)cc2)cc1)Oc1ccc(C(=O)Oc2ccc(OCC3CO3)cc2)cc1. The second kappa shape index (κ2) is 14.8. The van der Waals surface area contributed by atoms with Gasteiger partial charge in [0.1, 0.15) is 59.9 Å². The number of carbonyl (C=O) groups excluding carboxylic acids is 2. The number of hydrogen-bond acceptors (Lipinski definition) is 10. The average Bonchev–Trinajstić information content (AvgIpc) is 4.01. The molecule has 10 nitrogen and oxygen atoms in total. The molecule has 0 saturated carbocycles. The van der Waals surface area contributed by atoms with Crippen molar-refractivity contribution in [3.05, 3.63) is 108 Å². The van der Waals surface area contributed by atoms with E-state index in [4.69, 9.17) is 37.9 Å². The summed E-state index contributed by atoms with van der Waals surface area (Å²) in [5.41, 5.74) is 0.814. The van der Waals surface area contributed by atoms with Crippen molar-refractivity contribution in [2.75, 3.05) is 33.0 Å². The molecule has 2 aliphatic heterocycles. The molecule has 10 heteroatoms. The van der Waals surface area contributed by atoms with Crippen LogP contribution < -0.4 is 28.4 Å². The molecule has 46 heavy (non-hydrogen) atoms. The summed E-state index contributed by atoms with van der Waals surface area (Å²) in [6.07, 6.45) is 0.831. The Kier molecular flexibility index (Phi) is 9.97. The molecule has 0 amide bonds. The van der Waals surface area contributed by atoms with Crippen molar-refractivity contribution >= 4 is 11.9 Å². The molecule has 2 fully saturated rings. The average molecular weight is 627 g/mol. The highest BCUT2D eigenvalue weighted by molar-refractivity contribution is 5.91. The van der Waals surface area contributed by atoms with E-state index >= 15 is 0 Å². The Bertz CT molecular complexity index is 1580. The van der Waals surface area contributed by atoms with Crippen molar-refractivity contribution < 1.29 is 47.5 Å². The zero-order valence-corrected chi connectivity index (χ0v) is 25.3. The molecule has 0 bridgehead atoms. The molecule has 0 aromatic heterocycles. The Morgan fingerprint density at radius 2 is 0.957 bits per heavy atom. The van der Waals surface area contributed by atoms with Crippen LogP contribution in [0.1, 0.15) is 34.1 Å². The predicted molar refractivity (Wildman–Crippen MR) is 166 cm³/mol. The normalized spacial score (nSPS) is 16.9. The number of carbonyl (C=O) groups is 2. The van der Waals surface area contributed by atoms with Crippen LogP contribution >= 0.6 is 0 Å². The van der Waals surface area contributed by atoms with Crippen LogP contribution in [0.2, 0.25) is 0 Å². The molecule has 3 atom stereocenters. The van der Waals surface area contributed by atoms with E-state index in [9.17, 15) is 9.59 Å². The van der Waals surface area contributed by atoms with Crippen LogP contribution in [-0.2, 0) is 9.47 Å². The molecule has 2 saturated heterocycles. The molecule has 0 radical (unpaired) electrons. The van der Waals surface area contributed by atoms with Crippen LogP contribution in [0.3, 0.4) is 0 Å². The fraction of sp³-hybridized carbons (Fsp3) is 0.278. The third kappa shape index (κ3) is 9.47. The summed E-state index contributed by atoms with van der Waals surface area (Å²) in [5.74, 6) is 2.56. The summed E-state index contributed by atoms with van der Waals surface area (Å²) in [6, 6.07) is 27.3. The smallest absolute Gasteiger partial charge is 0.343 e. The summed E-state index contributed by atoms with van der Waals surface area (Å²) >= 11 is 0. The zero-order chi connectivity index (χ0) is 31.7. The van der Waals surface area contributed by atoms with Gasteiger partial charge in [-0.05, 0) is 104 Å². The van der Waals surface area contributed by atoms with E-state index in [1.165, 1.54) is 0 Å². The van der Waals surface area contributed by atoms with Gasteiger partial charge >= 0.3 is 11.9 Å². The van der Waals surface area contributed by atoms with E-state index in [1.807, 2.05) is 6.92 Å². The first-order valence-electron chi connectivity index (χ1n) is 15.1. The Morgan fingerprint density at radius 3 is 1.39 bits per heavy atom. The maximum absolute atomic E-state index is 12.6. The van der Waals surface area contributed by atoms with Gasteiger partial charge in [-0.15, -0.1) is 0 Å². The van der Waals surface area contributed by atoms with Crippen molar-refractivity contribution in [2.45, 2.75) is 31.7 Å². The molecule has 0 N–H and O–H groups in total. The lowest BCUT2D eigenvalue weighted by molar-refractivity contribution is 0.0725. The minimum atomic E-state index is -0.466. The molecule has 2 aliphatic rings. The van der Waals surface area contributed by atoms with Gasteiger partial charge in [-0.1, -0.05) is 0 Å². The highest BCUT2D eigenvalue weighted by Gasteiger charge is 2.23. The number of benzene rings is 4. The van der Waals surface area contributed by atoms with Gasteiger partial charge in [-0.3, -0.25) is 0 Å². The van der Waals surface area contributed by atoms with Crippen molar-refractivity contribution in [2.24, 2.45) is 0 Å². The molecule has 2 heterocycles. The summed E-state index contributed by atoms with van der Waals surface area (Å²) < 4.78 is 44.2. The molecular formula is C36H34O10. The standard InChI is InChI=1S/C36H34O10/c1-24(44-30-8-4-26(5-9-30)36(38)46-32-16-12-29(13-17-32)41-21-34-23-43-34)18-19-39-27-6-2-25(3-7-27)35(37)45-31-14-10-28(11-15-31)40-20-33-22-42-33/h2-17,24,33-34H,18-23H2,1H3. The van der Waals surface area contributed by atoms with E-state index in [-0.39, 0.29) is 18.3 Å². The highest BCUT2D eigenvalue weighted by Crippen LogP contribution is 2.23. The van der Waals surface area contributed by atoms with Gasteiger partial charge < -0.3 is 37.9 Å². The minimum Gasteiger partial charge on any atom is -0.493 e. The van der Waals surface area contributed by atoms with Crippen molar-refractivity contribution in [3.8, 4) is 34.5 Å². The summed E-state index contributed by atoms with van der Waals surface area (Å²) in [4.78, 5) is 25.1. The van der Waals surface area contributed by atoms with Gasteiger partial charge in [0.2, 0.25) is 0 Å². The fourth-order valence-corrected chi connectivity index (χ4v) is 4.24. The van der Waals surface area contributed by atoms with Crippen molar-refractivity contribution in [3.63, 3.8) is 0 Å². The predicted octanol–water partition coefficient (Wildman–Crippen LogP) is 5.92. The maximum Gasteiger partial charge on any atom is 0.343 e. The van der Waals surface area contributed by atoms with Gasteiger partial charge in [0.05, 0.1) is 37.1 Å². The van der Waals surface area contributed by atoms with E-state index in [2.05, 4.69) is 0 Å². The van der Waals surface area contributed by atoms with E-state index in [1.54, 1.807) is 97.1 Å². The first-order chi connectivity index (χ1) is 22.5. The third-order valence-electron chi connectivity index (χ3n) is 7.06. The highest BCUT2D eigenvalue weighted by atomic mass is 16.6. The fourth-order valence-electron chi connectivity index (χ4n) is 4.24. The van der Waals surface area contributed by atoms with Crippen molar-refractivity contribution in [1.29, 1.82) is 0 Å². The Balaban J connectivity index is 0.886. The van der Waals surface area contributed by atoms with Crippen molar-refractivity contribution in [1.82, 2.24) is 0 Å². The van der Waals surface area contributed by atoms with Gasteiger partial charge in [-0.2, -0.15) is 0 Å². The summed E-state index contributed by atoms with van der Waals surface area (Å²) in [5, 5.41) is 0. The van der Waals surface area contributed by atoms with E-state index < -0.39 is 11.9 Å². The van der Waals surface area contributed by atoms with Gasteiger partial charge in [-0.25, -0.2) is 9.59 Å². The number of hydrogen-bond donors (Lipinski definition) is 0. The number of ether oxygens (including phenoxy) is 8. The molecule has 238 valence electrons. The molecule has 4 aromatic carbocycles. The number of rotatable bonds is 16.